The lowest BCUT2D eigenvalue weighted by Crippen LogP contribution is -2.25. The van der Waals surface area contributed by atoms with Gasteiger partial charge in [-0.2, -0.15) is 0 Å². The number of rotatable bonds is 9. The van der Waals surface area contributed by atoms with Gasteiger partial charge in [0.1, 0.15) is 12.4 Å². The summed E-state index contributed by atoms with van der Waals surface area (Å²) in [6.07, 6.45) is 1.25. The summed E-state index contributed by atoms with van der Waals surface area (Å²) in [5.41, 5.74) is 1.78. The summed E-state index contributed by atoms with van der Waals surface area (Å²) in [6.45, 7) is 4.92. The standard InChI is InChI=1S/C22H26N2O3S/c1-3-4-12-24-21(26)19-10-5-6-11-20(19)23-22(24)28-15-17(25)14-27-18-9-7-8-16(2)13-18/h5-11,13,17,25H,3-4,12,14-15H2,1-2H3/t17-/m0/s1. The van der Waals surface area contributed by atoms with Crippen molar-refractivity contribution in [2.24, 2.45) is 0 Å². The number of ether oxygens (including phenoxy) is 1. The van der Waals surface area contributed by atoms with Crippen molar-refractivity contribution in [1.29, 1.82) is 0 Å². The smallest absolute Gasteiger partial charge is 0.262 e. The zero-order valence-corrected chi connectivity index (χ0v) is 17.1. The second kappa shape index (κ2) is 9.75. The monoisotopic (exact) mass is 398 g/mol. The van der Waals surface area contributed by atoms with Gasteiger partial charge >= 0.3 is 0 Å². The fourth-order valence-electron chi connectivity index (χ4n) is 2.89. The molecule has 3 rings (SSSR count). The van der Waals surface area contributed by atoms with Crippen LogP contribution in [0.3, 0.4) is 0 Å². The van der Waals surface area contributed by atoms with Crippen molar-refractivity contribution in [3.63, 3.8) is 0 Å². The van der Waals surface area contributed by atoms with Crippen LogP contribution >= 0.6 is 11.8 Å². The molecule has 0 aliphatic heterocycles. The third kappa shape index (κ3) is 5.14. The van der Waals surface area contributed by atoms with Crippen molar-refractivity contribution < 1.29 is 9.84 Å². The molecule has 6 heteroatoms. The van der Waals surface area contributed by atoms with Crippen LogP contribution in [0, 0.1) is 6.92 Å². The molecular formula is C22H26N2O3S. The summed E-state index contributed by atoms with van der Waals surface area (Å²) >= 11 is 1.39. The number of para-hydroxylation sites is 1. The summed E-state index contributed by atoms with van der Waals surface area (Å²) in [5, 5.41) is 11.6. The number of hydrogen-bond acceptors (Lipinski definition) is 5. The van der Waals surface area contributed by atoms with Crippen molar-refractivity contribution in [1.82, 2.24) is 9.55 Å². The van der Waals surface area contributed by atoms with E-state index in [0.717, 1.165) is 24.2 Å². The number of nitrogens with zero attached hydrogens (tertiary/aromatic N) is 2. The Morgan fingerprint density at radius 2 is 2.04 bits per heavy atom. The highest BCUT2D eigenvalue weighted by Crippen LogP contribution is 2.20. The molecule has 0 spiro atoms. The quantitative estimate of drug-likeness (QED) is 0.435. The predicted molar refractivity (Wildman–Crippen MR) is 114 cm³/mol. The van der Waals surface area contributed by atoms with Crippen LogP contribution in [0.1, 0.15) is 25.3 Å². The van der Waals surface area contributed by atoms with Crippen LogP contribution in [0.15, 0.2) is 58.5 Å². The normalized spacial score (nSPS) is 12.2. The maximum atomic E-state index is 12.9. The van der Waals surface area contributed by atoms with Gasteiger partial charge in [-0.05, 0) is 43.2 Å². The zero-order valence-electron chi connectivity index (χ0n) is 16.3. The molecule has 28 heavy (non-hydrogen) atoms. The van der Waals surface area contributed by atoms with Crippen LogP contribution in [0.25, 0.3) is 10.9 Å². The highest BCUT2D eigenvalue weighted by Gasteiger charge is 2.14. The Hall–Kier alpha value is -2.31. The number of benzene rings is 2. The van der Waals surface area contributed by atoms with Gasteiger partial charge in [-0.1, -0.05) is 49.4 Å². The molecule has 0 unspecified atom stereocenters. The fraction of sp³-hybridized carbons (Fsp3) is 0.364. The largest absolute Gasteiger partial charge is 0.491 e. The zero-order chi connectivity index (χ0) is 19.9. The van der Waals surface area contributed by atoms with Crippen LogP contribution in [0.2, 0.25) is 0 Å². The minimum Gasteiger partial charge on any atom is -0.491 e. The van der Waals surface area contributed by atoms with E-state index in [4.69, 9.17) is 4.74 Å². The lowest BCUT2D eigenvalue weighted by Gasteiger charge is -2.15. The van der Waals surface area contributed by atoms with Gasteiger partial charge in [0.05, 0.1) is 17.0 Å². The molecule has 0 amide bonds. The van der Waals surface area contributed by atoms with Crippen LogP contribution in [0.4, 0.5) is 0 Å². The van der Waals surface area contributed by atoms with Crippen LogP contribution < -0.4 is 10.3 Å². The van der Waals surface area contributed by atoms with E-state index in [1.54, 1.807) is 4.57 Å². The number of hydrogen-bond donors (Lipinski definition) is 1. The molecule has 0 aliphatic carbocycles. The van der Waals surface area contributed by atoms with Gasteiger partial charge in [-0.25, -0.2) is 4.98 Å². The predicted octanol–water partition coefficient (Wildman–Crippen LogP) is 4.04. The van der Waals surface area contributed by atoms with Gasteiger partial charge < -0.3 is 9.84 Å². The first-order valence-corrected chi connectivity index (χ1v) is 10.6. The molecule has 0 radical (unpaired) electrons. The highest BCUT2D eigenvalue weighted by molar-refractivity contribution is 7.99. The first-order chi connectivity index (χ1) is 13.6. The molecule has 1 aromatic heterocycles. The molecule has 0 bridgehead atoms. The number of aliphatic hydroxyl groups is 1. The number of aromatic nitrogens is 2. The minimum absolute atomic E-state index is 0.0212. The van der Waals surface area contributed by atoms with Gasteiger partial charge in [0.25, 0.3) is 5.56 Å². The van der Waals surface area contributed by atoms with Gasteiger partial charge in [-0.15, -0.1) is 0 Å². The van der Waals surface area contributed by atoms with Crippen molar-refractivity contribution in [2.75, 3.05) is 12.4 Å². The fourth-order valence-corrected chi connectivity index (χ4v) is 3.82. The Labute approximate surface area is 169 Å². The average Bonchev–Trinajstić information content (AvgIpc) is 2.70. The van der Waals surface area contributed by atoms with Crippen molar-refractivity contribution >= 4 is 22.7 Å². The third-order valence-corrected chi connectivity index (χ3v) is 5.52. The van der Waals surface area contributed by atoms with Gasteiger partial charge in [0, 0.05) is 12.3 Å². The minimum atomic E-state index is -0.659. The summed E-state index contributed by atoms with van der Waals surface area (Å²) in [5.74, 6) is 1.15. The Bertz CT molecular complexity index is 987. The molecule has 0 aliphatic rings. The molecule has 148 valence electrons. The molecule has 0 saturated heterocycles. The average molecular weight is 399 g/mol. The van der Waals surface area contributed by atoms with E-state index in [-0.39, 0.29) is 12.2 Å². The molecule has 3 aromatic rings. The summed E-state index contributed by atoms with van der Waals surface area (Å²) in [7, 11) is 0. The molecule has 0 fully saturated rings. The first-order valence-electron chi connectivity index (χ1n) is 9.58. The Balaban J connectivity index is 1.70. The van der Waals surface area contributed by atoms with E-state index in [2.05, 4.69) is 11.9 Å². The SMILES string of the molecule is CCCCn1c(SC[C@@H](O)COc2cccc(C)c2)nc2ccccc2c1=O. The van der Waals surface area contributed by atoms with E-state index >= 15 is 0 Å². The van der Waals surface area contributed by atoms with Gasteiger partial charge in [-0.3, -0.25) is 9.36 Å². The number of thioether (sulfide) groups is 1. The second-order valence-corrected chi connectivity index (χ2v) is 7.80. The molecule has 2 aromatic carbocycles. The van der Waals surface area contributed by atoms with Crippen molar-refractivity contribution in [3.05, 3.63) is 64.4 Å². The van der Waals surface area contributed by atoms with E-state index in [9.17, 15) is 9.90 Å². The van der Waals surface area contributed by atoms with E-state index in [1.807, 2.05) is 55.5 Å². The molecule has 1 heterocycles. The number of unbranched alkanes of at least 4 members (excludes halogenated alkanes) is 1. The number of aryl methyl sites for hydroxylation is 1. The van der Waals surface area contributed by atoms with Crippen molar-refractivity contribution in [3.8, 4) is 5.75 Å². The highest BCUT2D eigenvalue weighted by atomic mass is 32.2. The van der Waals surface area contributed by atoms with Crippen molar-refractivity contribution in [2.45, 2.75) is 44.5 Å². The van der Waals surface area contributed by atoms with Gasteiger partial charge in [0.2, 0.25) is 0 Å². The van der Waals surface area contributed by atoms with Crippen LogP contribution in [0.5, 0.6) is 5.75 Å². The van der Waals surface area contributed by atoms with Gasteiger partial charge in [0.15, 0.2) is 5.16 Å². The van der Waals surface area contributed by atoms with Crippen LogP contribution in [-0.2, 0) is 6.54 Å². The molecular weight excluding hydrogens is 372 g/mol. The lowest BCUT2D eigenvalue weighted by molar-refractivity contribution is 0.126. The van der Waals surface area contributed by atoms with E-state index in [0.29, 0.717) is 28.4 Å². The Morgan fingerprint density at radius 3 is 2.82 bits per heavy atom. The lowest BCUT2D eigenvalue weighted by atomic mass is 10.2. The maximum Gasteiger partial charge on any atom is 0.262 e. The Kier molecular flexibility index (Phi) is 7.12. The van der Waals surface area contributed by atoms with E-state index in [1.165, 1.54) is 11.8 Å². The number of aliphatic hydroxyl groups excluding tert-OH is 1. The summed E-state index contributed by atoms with van der Waals surface area (Å²) in [4.78, 5) is 17.5. The Morgan fingerprint density at radius 1 is 1.21 bits per heavy atom. The topological polar surface area (TPSA) is 64.3 Å². The molecule has 1 N–H and O–H groups in total. The summed E-state index contributed by atoms with van der Waals surface area (Å²) in [6, 6.07) is 15.1. The van der Waals surface area contributed by atoms with E-state index < -0.39 is 6.10 Å². The summed E-state index contributed by atoms with van der Waals surface area (Å²) < 4.78 is 7.40. The second-order valence-electron chi connectivity index (χ2n) is 6.81. The van der Waals surface area contributed by atoms with Crippen LogP contribution in [-0.4, -0.2) is 33.1 Å². The first kappa shape index (κ1) is 20.4. The molecule has 1 atom stereocenters. The number of fused-ring (bicyclic) bond motifs is 1. The molecule has 0 saturated carbocycles. The third-order valence-electron chi connectivity index (χ3n) is 4.40. The maximum absolute atomic E-state index is 12.9. The molecule has 5 nitrogen and oxygen atoms in total.